The normalized spacial score (nSPS) is 23.3. The number of benzene rings is 3. The number of nitrogens with zero attached hydrogens (tertiary/aromatic N) is 7. The molecule has 5 unspecified atom stereocenters. The summed E-state index contributed by atoms with van der Waals surface area (Å²) in [5.74, 6) is 0.814. The van der Waals surface area contributed by atoms with E-state index in [1.807, 2.05) is 48.0 Å². The van der Waals surface area contributed by atoms with Crippen LogP contribution in [0, 0.1) is 35.9 Å². The van der Waals surface area contributed by atoms with Crippen LogP contribution in [0.1, 0.15) is 67.2 Å². The smallest absolute Gasteiger partial charge is 0.226 e. The number of hydrogen-bond donors (Lipinski definition) is 1. The number of aromatic nitrogens is 5. The zero-order valence-electron chi connectivity index (χ0n) is 29.6. The molecule has 5 aliphatic rings. The van der Waals surface area contributed by atoms with Gasteiger partial charge in [-0.2, -0.15) is 10.4 Å². The van der Waals surface area contributed by atoms with Gasteiger partial charge in [-0.1, -0.05) is 65.7 Å². The molecule has 3 aliphatic heterocycles. The second kappa shape index (κ2) is 12.9. The van der Waals surface area contributed by atoms with Crippen molar-refractivity contribution in [2.24, 2.45) is 11.8 Å². The van der Waals surface area contributed by atoms with E-state index in [1.54, 1.807) is 24.5 Å². The van der Waals surface area contributed by atoms with Gasteiger partial charge in [-0.15, -0.1) is 0 Å². The van der Waals surface area contributed by atoms with Crippen molar-refractivity contribution in [2.75, 3.05) is 13.1 Å². The molecule has 3 saturated heterocycles. The molecule has 11 rings (SSSR count). The van der Waals surface area contributed by atoms with Gasteiger partial charge in [0.1, 0.15) is 11.8 Å². The largest absolute Gasteiger partial charge is 0.337 e. The number of nitriles is 1. The van der Waals surface area contributed by atoms with Gasteiger partial charge in [-0.25, -0.2) is 19.0 Å². The third-order valence-electron chi connectivity index (χ3n) is 12.2. The molecule has 3 aromatic carbocycles. The van der Waals surface area contributed by atoms with Gasteiger partial charge in [0.15, 0.2) is 11.6 Å². The number of hydrogen-bond acceptors (Lipinski definition) is 6. The first kappa shape index (κ1) is 33.7. The zero-order chi connectivity index (χ0) is 36.8. The van der Waals surface area contributed by atoms with E-state index in [9.17, 15) is 10.1 Å². The summed E-state index contributed by atoms with van der Waals surface area (Å²) in [5, 5.41) is 20.5. The second-order valence-electron chi connectivity index (χ2n) is 15.4. The predicted octanol–water partition coefficient (Wildman–Crippen LogP) is 8.78. The molecule has 5 atom stereocenters. The van der Waals surface area contributed by atoms with Gasteiger partial charge < -0.3 is 14.8 Å². The fourth-order valence-electron chi connectivity index (χ4n) is 9.36. The Bertz CT molecular complexity index is 2530. The summed E-state index contributed by atoms with van der Waals surface area (Å²) in [6, 6.07) is 21.7. The highest BCUT2D eigenvalue weighted by Crippen LogP contribution is 2.52. The lowest BCUT2D eigenvalue weighted by Gasteiger charge is -2.39. The predicted molar refractivity (Wildman–Crippen MR) is 207 cm³/mol. The maximum absolute atomic E-state index is 17.3. The van der Waals surface area contributed by atoms with E-state index in [1.165, 1.54) is 0 Å². The molecule has 1 N–H and O–H groups in total. The minimum Gasteiger partial charge on any atom is -0.337 e. The molecule has 0 radical (unpaired) electrons. The number of fused-ring (bicyclic) bond motifs is 4. The van der Waals surface area contributed by atoms with E-state index >= 15 is 4.39 Å². The second-order valence-corrected chi connectivity index (χ2v) is 16.1. The number of pyridine rings is 1. The lowest BCUT2D eigenvalue weighted by molar-refractivity contribution is -0.133. The molecule has 6 heterocycles. The van der Waals surface area contributed by atoms with Crippen molar-refractivity contribution >= 4 is 50.9 Å². The van der Waals surface area contributed by atoms with Crippen LogP contribution in [0.25, 0.3) is 44.3 Å². The highest BCUT2D eigenvalue weighted by molar-refractivity contribution is 6.43. The van der Waals surface area contributed by atoms with Crippen LogP contribution in [0.3, 0.4) is 0 Å². The van der Waals surface area contributed by atoms with Crippen molar-refractivity contribution in [2.45, 2.75) is 69.6 Å². The van der Waals surface area contributed by atoms with E-state index in [4.69, 9.17) is 33.3 Å². The molecule has 6 aromatic rings. The Morgan fingerprint density at radius 1 is 1.07 bits per heavy atom. The fraction of sp³-hybridized carbons (Fsp3) is 0.357. The van der Waals surface area contributed by atoms with E-state index < -0.39 is 5.82 Å². The summed E-state index contributed by atoms with van der Waals surface area (Å²) in [4.78, 5) is 25.8. The van der Waals surface area contributed by atoms with Crippen molar-refractivity contribution in [1.82, 2.24) is 34.5 Å². The fourth-order valence-corrected chi connectivity index (χ4v) is 9.76. The van der Waals surface area contributed by atoms with E-state index in [2.05, 4.69) is 31.9 Å². The summed E-state index contributed by atoms with van der Waals surface area (Å²) in [5.41, 5.74) is 5.35. The quantitative estimate of drug-likeness (QED) is 0.166. The molecule has 54 heavy (non-hydrogen) atoms. The van der Waals surface area contributed by atoms with Crippen LogP contribution in [-0.2, 0) is 11.2 Å². The molecule has 1 amide bonds. The highest BCUT2D eigenvalue weighted by atomic mass is 35.5. The molecule has 272 valence electrons. The van der Waals surface area contributed by atoms with Gasteiger partial charge >= 0.3 is 0 Å². The lowest BCUT2D eigenvalue weighted by Crippen LogP contribution is -2.41. The maximum atomic E-state index is 17.3. The third kappa shape index (κ3) is 5.27. The van der Waals surface area contributed by atoms with Crippen molar-refractivity contribution < 1.29 is 9.18 Å². The van der Waals surface area contributed by atoms with Crippen LogP contribution in [0.5, 0.6) is 0 Å². The number of aryl methyl sites for hydroxylation is 2. The molecule has 3 aromatic heterocycles. The minimum atomic E-state index is -0.481. The summed E-state index contributed by atoms with van der Waals surface area (Å²) in [6.45, 7) is 3.38. The van der Waals surface area contributed by atoms with Gasteiger partial charge in [-0.3, -0.25) is 4.79 Å². The Morgan fingerprint density at radius 3 is 2.65 bits per heavy atom. The average Bonchev–Trinajstić information content (AvgIpc) is 3.67. The van der Waals surface area contributed by atoms with Crippen LogP contribution in [0.2, 0.25) is 10.0 Å². The Balaban J connectivity index is 1.17. The molecule has 9 nitrogen and oxygen atoms in total. The lowest BCUT2D eigenvalue weighted by atomic mass is 9.79. The number of carbonyl (C=O) groups is 1. The van der Waals surface area contributed by atoms with E-state index in [0.717, 1.165) is 48.0 Å². The molecular formula is C42H37Cl2FN8O. The molecule has 2 saturated carbocycles. The first-order chi connectivity index (χ1) is 26.3. The van der Waals surface area contributed by atoms with Crippen molar-refractivity contribution in [1.29, 1.82) is 5.26 Å². The van der Waals surface area contributed by atoms with Crippen molar-refractivity contribution in [3.8, 4) is 28.6 Å². The van der Waals surface area contributed by atoms with Gasteiger partial charge in [0.05, 0.1) is 39.8 Å². The van der Waals surface area contributed by atoms with Crippen LogP contribution in [0.15, 0.2) is 67.0 Å². The first-order valence-corrected chi connectivity index (χ1v) is 19.5. The van der Waals surface area contributed by atoms with E-state index in [-0.39, 0.29) is 53.0 Å². The zero-order valence-corrected chi connectivity index (χ0v) is 31.2. The number of likely N-dealkylation sites (tertiary alicyclic amines) is 1. The van der Waals surface area contributed by atoms with Gasteiger partial charge in [0.2, 0.25) is 5.91 Å². The highest BCUT2D eigenvalue weighted by Gasteiger charge is 2.51. The Labute approximate surface area is 321 Å². The first-order valence-electron chi connectivity index (χ1n) is 18.8. The summed E-state index contributed by atoms with van der Waals surface area (Å²) in [7, 11) is 0. The Morgan fingerprint density at radius 2 is 1.91 bits per heavy atom. The number of amides is 1. The van der Waals surface area contributed by atoms with Crippen molar-refractivity contribution in [3.05, 3.63) is 99.8 Å². The Kier molecular flexibility index (Phi) is 8.06. The Hall–Kier alpha value is -4.82. The summed E-state index contributed by atoms with van der Waals surface area (Å²) < 4.78 is 21.6. The molecule has 12 heteroatoms. The van der Waals surface area contributed by atoms with Crippen LogP contribution >= 0.6 is 23.2 Å². The number of nitrogens with one attached hydrogen (secondary N) is 1. The van der Waals surface area contributed by atoms with Gasteiger partial charge in [-0.05, 0) is 68.7 Å². The SMILES string of the molecule is Cc1nc2c(F)c(-c3cccc(Cl)c3Cl)c(CCC#N)cc2c2c1cc(C1CC(n3cnc(-c4ccccc4)n3)CN1C(=O)C1CC1)n2C1C2CNC1C2. The van der Waals surface area contributed by atoms with Gasteiger partial charge in [0, 0.05) is 70.3 Å². The third-order valence-corrected chi connectivity index (χ3v) is 13.0. The molecular weight excluding hydrogens is 722 g/mol. The standard InChI is InChI=1S/C42H37Cl2FN8O/c1-22-29-18-34(33-17-27(20-51(33)42(54)24-12-13-24)52-21-48-41(50-52)23-7-3-2-4-8-23)53(39-26-16-32(39)47-19-26)40(29)30-15-25(9-6-14-46)35(37(45)38(30)49-22)28-10-5-11-31(43)36(28)44/h2-5,7-8,10-11,15,18,21,24,26-27,32-33,39,47H,6,9,12-13,16-17,19-20H2,1H3. The molecule has 0 spiro atoms. The minimum absolute atomic E-state index is 0.0408. The monoisotopic (exact) mass is 758 g/mol. The van der Waals surface area contributed by atoms with Crippen LogP contribution in [0.4, 0.5) is 4.39 Å². The number of carbonyl (C=O) groups excluding carboxylic acids is 1. The average molecular weight is 760 g/mol. The molecule has 2 aliphatic carbocycles. The van der Waals surface area contributed by atoms with Crippen LogP contribution in [-0.4, -0.2) is 54.3 Å². The topological polar surface area (TPSA) is 105 Å². The van der Waals surface area contributed by atoms with E-state index in [0.29, 0.717) is 63.9 Å². The van der Waals surface area contributed by atoms with Gasteiger partial charge in [0.25, 0.3) is 0 Å². The van der Waals surface area contributed by atoms with Crippen LogP contribution < -0.4 is 5.32 Å². The molecule has 5 fully saturated rings. The van der Waals surface area contributed by atoms with Crippen molar-refractivity contribution in [3.63, 3.8) is 0 Å². The molecule has 2 bridgehead atoms. The number of halogens is 3. The number of rotatable bonds is 8. The summed E-state index contributed by atoms with van der Waals surface area (Å²) in [6.07, 6.45) is 5.89. The maximum Gasteiger partial charge on any atom is 0.226 e. The summed E-state index contributed by atoms with van der Waals surface area (Å²) >= 11 is 13.1.